The second-order valence-electron chi connectivity index (χ2n) is 18.4. The van der Waals surface area contributed by atoms with Crippen LogP contribution in [0.5, 0.6) is 0 Å². The number of alkyl carbamates (subject to hydrolysis) is 2. The lowest BCUT2D eigenvalue weighted by Crippen LogP contribution is -2.63. The third-order valence-corrected chi connectivity index (χ3v) is 14.7. The van der Waals surface area contributed by atoms with Crippen LogP contribution in [0.4, 0.5) is 9.59 Å². The number of rotatable bonds is 13. The van der Waals surface area contributed by atoms with Crippen LogP contribution in [0.15, 0.2) is 103 Å². The van der Waals surface area contributed by atoms with Crippen LogP contribution in [0.25, 0.3) is 44.4 Å². The highest BCUT2D eigenvalue weighted by Gasteiger charge is 2.52. The minimum atomic E-state index is -1.09. The van der Waals surface area contributed by atoms with E-state index in [1.54, 1.807) is 4.90 Å². The first-order chi connectivity index (χ1) is 32.7. The molecule has 346 valence electrons. The quantitative estimate of drug-likeness (QED) is 0.0823. The van der Waals surface area contributed by atoms with Crippen LogP contribution in [0, 0.1) is 11.8 Å². The number of ether oxygens (including phenoxy) is 3. The summed E-state index contributed by atoms with van der Waals surface area (Å²) < 4.78 is 15.5. The molecule has 1 unspecified atom stereocenters. The van der Waals surface area contributed by atoms with Crippen LogP contribution in [0.3, 0.4) is 0 Å². The number of likely N-dealkylation sites (tertiary alicyclic amines) is 2. The zero-order chi connectivity index (χ0) is 46.1. The van der Waals surface area contributed by atoms with Gasteiger partial charge in [0.1, 0.15) is 29.5 Å². The van der Waals surface area contributed by atoms with Gasteiger partial charge in [-0.05, 0) is 102 Å². The molecule has 15 nitrogen and oxygen atoms in total. The molecule has 0 spiro atoms. The van der Waals surface area contributed by atoms with E-state index in [0.29, 0.717) is 62.5 Å². The van der Waals surface area contributed by atoms with Crippen molar-refractivity contribution in [3.05, 3.63) is 121 Å². The molecule has 6 aromatic rings. The number of piperidine rings is 1. The predicted molar refractivity (Wildman–Crippen MR) is 251 cm³/mol. The van der Waals surface area contributed by atoms with Gasteiger partial charge in [-0.25, -0.2) is 19.6 Å². The average Bonchev–Trinajstić information content (AvgIpc) is 4.25. The maximum Gasteiger partial charge on any atom is 0.407 e. The van der Waals surface area contributed by atoms with Gasteiger partial charge in [0.05, 0.1) is 50.1 Å². The summed E-state index contributed by atoms with van der Waals surface area (Å²) in [4.78, 5) is 73.0. The Labute approximate surface area is 389 Å². The molecule has 3 amide bonds. The number of amides is 3. The Morgan fingerprint density at radius 3 is 2.18 bits per heavy atom. The molecule has 5 heterocycles. The Hall–Kier alpha value is -6.84. The number of carbonyl (C=O) groups is 4. The van der Waals surface area contributed by atoms with Crippen molar-refractivity contribution in [2.24, 2.45) is 11.8 Å². The van der Waals surface area contributed by atoms with Gasteiger partial charge in [-0.15, -0.1) is 0 Å². The van der Waals surface area contributed by atoms with Gasteiger partial charge in [-0.2, -0.15) is 0 Å². The van der Waals surface area contributed by atoms with E-state index in [-0.39, 0.29) is 23.9 Å². The summed E-state index contributed by atoms with van der Waals surface area (Å²) in [6.45, 7) is 2.06. The van der Waals surface area contributed by atoms with Crippen LogP contribution < -0.4 is 10.6 Å². The SMILES string of the molecule is COC(=O)N[C@@H](C(=O)N1CCC[C@H]1c1ncc(-c2ccc3cc(-c4ccc(-c5cnc([C@@H]6[C@H]7CC[C@H](C7)N6CC(C=O)(NC(=O)OC)C6CCOCC6)[nH]5)cc4)ccc3c2)[nH]1)c1ccccc1. The molecule has 2 aromatic heterocycles. The normalized spacial score (nSPS) is 22.0. The molecular formula is C52H56N8O7. The van der Waals surface area contributed by atoms with E-state index >= 15 is 0 Å². The first-order valence-corrected chi connectivity index (χ1v) is 23.3. The highest BCUT2D eigenvalue weighted by atomic mass is 16.5. The Balaban J connectivity index is 0.827. The number of methoxy groups -OCH3 is 2. The van der Waals surface area contributed by atoms with Gasteiger partial charge >= 0.3 is 12.2 Å². The number of imidazole rings is 2. The molecule has 4 aromatic carbocycles. The molecule has 67 heavy (non-hydrogen) atoms. The van der Waals surface area contributed by atoms with Gasteiger partial charge in [0.25, 0.3) is 5.91 Å². The van der Waals surface area contributed by atoms with E-state index in [9.17, 15) is 19.2 Å². The second kappa shape index (κ2) is 18.8. The molecule has 4 N–H and O–H groups in total. The zero-order valence-corrected chi connectivity index (χ0v) is 37.8. The maximum absolute atomic E-state index is 14.0. The highest BCUT2D eigenvalue weighted by molar-refractivity contribution is 5.91. The van der Waals surface area contributed by atoms with Crippen LogP contribution in [0.2, 0.25) is 0 Å². The molecule has 4 fully saturated rings. The third kappa shape index (κ3) is 8.69. The molecular weight excluding hydrogens is 849 g/mol. The monoisotopic (exact) mass is 904 g/mol. The van der Waals surface area contributed by atoms with E-state index in [4.69, 9.17) is 24.2 Å². The lowest BCUT2D eigenvalue weighted by Gasteiger charge is -2.44. The van der Waals surface area contributed by atoms with E-state index < -0.39 is 23.8 Å². The van der Waals surface area contributed by atoms with Crippen molar-refractivity contribution in [3.8, 4) is 33.6 Å². The number of nitrogens with zero attached hydrogens (tertiary/aromatic N) is 4. The minimum Gasteiger partial charge on any atom is -0.453 e. The van der Waals surface area contributed by atoms with Gasteiger partial charge in [0.15, 0.2) is 0 Å². The molecule has 15 heteroatoms. The molecule has 2 bridgehead atoms. The highest BCUT2D eigenvalue weighted by Crippen LogP contribution is 2.51. The third-order valence-electron chi connectivity index (χ3n) is 14.7. The fourth-order valence-electron chi connectivity index (χ4n) is 11.2. The summed E-state index contributed by atoms with van der Waals surface area (Å²) in [7, 11) is 2.62. The lowest BCUT2D eigenvalue weighted by atomic mass is 9.78. The Morgan fingerprint density at radius 2 is 1.45 bits per heavy atom. The average molecular weight is 905 g/mol. The number of hydrogen-bond acceptors (Lipinski definition) is 10. The van der Waals surface area contributed by atoms with Crippen molar-refractivity contribution in [3.63, 3.8) is 0 Å². The van der Waals surface area contributed by atoms with Gasteiger partial charge < -0.3 is 44.5 Å². The van der Waals surface area contributed by atoms with Crippen molar-refractivity contribution < 1.29 is 33.4 Å². The number of aldehydes is 1. The number of nitrogens with one attached hydrogen (secondary N) is 4. The standard InChI is InChI=1S/C52H56N8O7/c1-65-50(63)57-45(34-7-4-3-5-8-34)49(62)59-22-6-9-44(59)47-53-29-43(55-47)38-17-16-36-25-35(14-15-37(36)26-38)32-10-12-33(13-11-32)42-28-54-48(56-42)46-39-18-19-41(27-39)60(46)30-52(31-61,58-51(64)66-2)40-20-23-67-24-21-40/h3-5,7-8,10-17,25-26,28-29,31,39-41,44-46H,6,9,18-24,27,30H2,1-2H3,(H,53,55)(H,54,56)(H,57,63)(H,58,64)/t39-,41+,44-,45+,46-,52?/m0/s1. The van der Waals surface area contributed by atoms with E-state index in [1.165, 1.54) is 14.2 Å². The molecule has 1 aliphatic carbocycles. The summed E-state index contributed by atoms with van der Waals surface area (Å²) in [6, 6.07) is 29.7. The number of fused-ring (bicyclic) bond motifs is 3. The number of benzene rings is 4. The van der Waals surface area contributed by atoms with Crippen molar-refractivity contribution in [2.75, 3.05) is 40.5 Å². The van der Waals surface area contributed by atoms with Crippen molar-refractivity contribution in [1.29, 1.82) is 0 Å². The van der Waals surface area contributed by atoms with Crippen molar-refractivity contribution in [1.82, 2.24) is 40.4 Å². The Bertz CT molecular complexity index is 2750. The fraction of sp³-hybridized carbons (Fsp3) is 0.385. The van der Waals surface area contributed by atoms with Gasteiger partial charge in [-0.3, -0.25) is 9.69 Å². The molecule has 1 saturated carbocycles. The molecule has 10 rings (SSSR count). The first kappa shape index (κ1) is 44.0. The smallest absolute Gasteiger partial charge is 0.407 e. The number of H-pyrrole nitrogens is 2. The Kier molecular flexibility index (Phi) is 12.4. The predicted octanol–water partition coefficient (Wildman–Crippen LogP) is 8.29. The Morgan fingerprint density at radius 1 is 0.791 bits per heavy atom. The lowest BCUT2D eigenvalue weighted by molar-refractivity contribution is -0.134. The molecule has 3 aliphatic heterocycles. The van der Waals surface area contributed by atoms with Crippen LogP contribution in [-0.4, -0.2) is 106 Å². The zero-order valence-electron chi connectivity index (χ0n) is 37.8. The summed E-state index contributed by atoms with van der Waals surface area (Å²) in [5, 5.41) is 7.89. The topological polar surface area (TPSA) is 184 Å². The number of hydrogen-bond donors (Lipinski definition) is 4. The number of carbonyl (C=O) groups excluding carboxylic acids is 4. The molecule has 3 saturated heterocycles. The summed E-state index contributed by atoms with van der Waals surface area (Å²) in [5.41, 5.74) is 5.58. The minimum absolute atomic E-state index is 0.00334. The fourth-order valence-corrected chi connectivity index (χ4v) is 11.2. The summed E-state index contributed by atoms with van der Waals surface area (Å²) in [5.74, 6) is 1.73. The number of aromatic nitrogens is 4. The van der Waals surface area contributed by atoms with Crippen molar-refractivity contribution >= 4 is 35.2 Å². The van der Waals surface area contributed by atoms with Gasteiger partial charge in [-0.1, -0.05) is 78.9 Å². The van der Waals surface area contributed by atoms with Crippen LogP contribution in [-0.2, 0) is 23.8 Å². The molecule has 0 radical (unpaired) electrons. The van der Waals surface area contributed by atoms with Crippen LogP contribution >= 0.6 is 0 Å². The largest absolute Gasteiger partial charge is 0.453 e. The molecule has 4 aliphatic rings. The van der Waals surface area contributed by atoms with Crippen molar-refractivity contribution in [2.45, 2.75) is 74.7 Å². The maximum atomic E-state index is 14.0. The van der Waals surface area contributed by atoms with Crippen LogP contribution in [0.1, 0.15) is 80.3 Å². The van der Waals surface area contributed by atoms with E-state index in [1.807, 2.05) is 42.7 Å². The molecule has 6 atom stereocenters. The van der Waals surface area contributed by atoms with E-state index in [2.05, 4.69) is 86.2 Å². The second-order valence-corrected chi connectivity index (χ2v) is 18.4. The van der Waals surface area contributed by atoms with Gasteiger partial charge in [0.2, 0.25) is 0 Å². The van der Waals surface area contributed by atoms with E-state index in [0.717, 1.165) is 88.6 Å². The number of aromatic amines is 2. The van der Waals surface area contributed by atoms with Gasteiger partial charge in [0, 0.05) is 37.9 Å². The first-order valence-electron chi connectivity index (χ1n) is 23.3. The summed E-state index contributed by atoms with van der Waals surface area (Å²) >= 11 is 0. The summed E-state index contributed by atoms with van der Waals surface area (Å²) in [6.07, 6.45) is 9.52.